The maximum atomic E-state index is 11.4. The van der Waals surface area contributed by atoms with E-state index in [1.54, 1.807) is 6.07 Å². The zero-order valence-corrected chi connectivity index (χ0v) is 12.8. The number of carbonyl (C=O) groups is 1. The second kappa shape index (κ2) is 5.95. The van der Waals surface area contributed by atoms with Gasteiger partial charge in [-0.1, -0.05) is 11.6 Å². The third-order valence-corrected chi connectivity index (χ3v) is 4.69. The molecule has 4 nitrogen and oxygen atoms in total. The maximum Gasteiger partial charge on any atom is 0.228 e. The van der Waals surface area contributed by atoms with E-state index in [9.17, 15) is 9.90 Å². The van der Waals surface area contributed by atoms with Crippen LogP contribution < -0.4 is 5.32 Å². The van der Waals surface area contributed by atoms with E-state index in [1.807, 2.05) is 13.0 Å². The van der Waals surface area contributed by atoms with Gasteiger partial charge in [0.2, 0.25) is 5.91 Å². The first kappa shape index (κ1) is 14.8. The Morgan fingerprint density at radius 1 is 1.48 bits per heavy atom. The lowest BCUT2D eigenvalue weighted by molar-refractivity contribution is -0.115. The molecule has 2 aliphatic rings. The smallest absolute Gasteiger partial charge is 0.228 e. The highest BCUT2D eigenvalue weighted by Gasteiger charge is 2.32. The van der Waals surface area contributed by atoms with Gasteiger partial charge in [0.15, 0.2) is 0 Å². The van der Waals surface area contributed by atoms with Gasteiger partial charge in [-0.25, -0.2) is 0 Å². The summed E-state index contributed by atoms with van der Waals surface area (Å²) in [4.78, 5) is 11.4. The van der Waals surface area contributed by atoms with Crippen LogP contribution in [0.15, 0.2) is 12.1 Å². The van der Waals surface area contributed by atoms with Gasteiger partial charge in [-0.2, -0.15) is 0 Å². The van der Waals surface area contributed by atoms with Crippen LogP contribution in [-0.2, 0) is 16.0 Å². The molecule has 114 valence electrons. The van der Waals surface area contributed by atoms with Crippen LogP contribution in [0, 0.1) is 5.92 Å². The molecular weight excluding hydrogens is 290 g/mol. The first-order chi connectivity index (χ1) is 10.1. The summed E-state index contributed by atoms with van der Waals surface area (Å²) in [5, 5.41) is 13.7. The van der Waals surface area contributed by atoms with E-state index in [1.165, 1.54) is 0 Å². The summed E-state index contributed by atoms with van der Waals surface area (Å²) in [5.74, 6) is 0.465. The van der Waals surface area contributed by atoms with Crippen LogP contribution in [0.4, 0.5) is 5.69 Å². The number of aliphatic hydroxyl groups excluding tert-OH is 1. The Balaban J connectivity index is 1.64. The van der Waals surface area contributed by atoms with Crippen molar-refractivity contribution in [2.75, 3.05) is 11.9 Å². The van der Waals surface area contributed by atoms with Crippen molar-refractivity contribution in [3.05, 3.63) is 28.3 Å². The second-order valence-electron chi connectivity index (χ2n) is 5.92. The van der Waals surface area contributed by atoms with Gasteiger partial charge >= 0.3 is 0 Å². The van der Waals surface area contributed by atoms with Crippen LogP contribution in [0.3, 0.4) is 0 Å². The molecule has 1 aliphatic heterocycles. The van der Waals surface area contributed by atoms with Gasteiger partial charge in [0.1, 0.15) is 0 Å². The minimum absolute atomic E-state index is 0.0220. The summed E-state index contributed by atoms with van der Waals surface area (Å²) in [6.45, 7) is 2.75. The number of fused-ring (bicyclic) bond motifs is 1. The van der Waals surface area contributed by atoms with Crippen molar-refractivity contribution in [3.63, 3.8) is 0 Å². The van der Waals surface area contributed by atoms with E-state index in [4.69, 9.17) is 16.3 Å². The van der Waals surface area contributed by atoms with Crippen molar-refractivity contribution in [1.29, 1.82) is 0 Å². The number of aliphatic hydroxyl groups is 1. The first-order valence-corrected chi connectivity index (χ1v) is 7.86. The molecule has 21 heavy (non-hydrogen) atoms. The van der Waals surface area contributed by atoms with Crippen LogP contribution in [0.2, 0.25) is 5.02 Å². The summed E-state index contributed by atoms with van der Waals surface area (Å²) in [5.41, 5.74) is 2.41. The molecule has 2 N–H and O–H groups in total. The molecule has 0 radical (unpaired) electrons. The summed E-state index contributed by atoms with van der Waals surface area (Å²) >= 11 is 6.24. The van der Waals surface area contributed by atoms with E-state index in [2.05, 4.69) is 5.32 Å². The Bertz CT molecular complexity index is 555. The minimum atomic E-state index is -0.578. The average Bonchev–Trinajstić information content (AvgIpc) is 2.74. The number of hydrogen-bond donors (Lipinski definition) is 2. The topological polar surface area (TPSA) is 58.6 Å². The molecule has 1 aromatic carbocycles. The third-order valence-electron chi connectivity index (χ3n) is 4.36. The van der Waals surface area contributed by atoms with Crippen molar-refractivity contribution in [3.8, 4) is 0 Å². The molecule has 0 bridgehead atoms. The number of benzene rings is 1. The van der Waals surface area contributed by atoms with Crippen LogP contribution in [0.5, 0.6) is 0 Å². The second-order valence-corrected chi connectivity index (χ2v) is 6.33. The van der Waals surface area contributed by atoms with Crippen LogP contribution in [0.1, 0.15) is 43.4 Å². The van der Waals surface area contributed by atoms with Crippen molar-refractivity contribution < 1.29 is 14.6 Å². The average molecular weight is 310 g/mol. The van der Waals surface area contributed by atoms with E-state index < -0.39 is 6.10 Å². The van der Waals surface area contributed by atoms with Gasteiger partial charge in [0.05, 0.1) is 18.6 Å². The number of carbonyl (C=O) groups excluding carboxylic acids is 1. The summed E-state index contributed by atoms with van der Waals surface area (Å²) in [6, 6.07) is 3.60. The number of hydrogen-bond acceptors (Lipinski definition) is 3. The van der Waals surface area contributed by atoms with Crippen molar-refractivity contribution >= 4 is 23.2 Å². The quantitative estimate of drug-likeness (QED) is 0.879. The predicted octanol–water partition coefficient (Wildman–Crippen LogP) is 3.07. The minimum Gasteiger partial charge on any atom is -0.388 e. The first-order valence-electron chi connectivity index (χ1n) is 7.48. The fourth-order valence-corrected chi connectivity index (χ4v) is 3.49. The maximum absolute atomic E-state index is 11.4. The van der Waals surface area contributed by atoms with Gasteiger partial charge in [0, 0.05) is 17.3 Å². The number of nitrogens with one attached hydrogen (secondary N) is 1. The Hall–Kier alpha value is -1.10. The number of ether oxygens (including phenoxy) is 1. The molecule has 0 aromatic heterocycles. The number of anilines is 1. The molecule has 1 aromatic rings. The molecule has 5 heteroatoms. The molecule has 1 saturated carbocycles. The largest absolute Gasteiger partial charge is 0.388 e. The highest BCUT2D eigenvalue weighted by Crippen LogP contribution is 2.40. The van der Waals surface area contributed by atoms with Crippen molar-refractivity contribution in [2.24, 2.45) is 5.92 Å². The van der Waals surface area contributed by atoms with Crippen LogP contribution in [0.25, 0.3) is 0 Å². The van der Waals surface area contributed by atoms with Gasteiger partial charge in [-0.05, 0) is 55.4 Å². The van der Waals surface area contributed by atoms with E-state index in [0.29, 0.717) is 29.9 Å². The molecule has 0 saturated heterocycles. The lowest BCUT2D eigenvalue weighted by Crippen LogP contribution is -2.32. The lowest BCUT2D eigenvalue weighted by Gasteiger charge is -2.36. The standard InChI is InChI=1S/C16H20ClNO3/c1-2-21-11-3-9(4-11)5-15(19)12-6-10-7-16(20)18-14(10)8-13(12)17/h6,8-9,11,15,19H,2-5,7H2,1H3,(H,18,20). The number of amides is 1. The molecule has 1 heterocycles. The molecular formula is C16H20ClNO3. The summed E-state index contributed by atoms with van der Waals surface area (Å²) in [6.07, 6.45) is 2.85. The summed E-state index contributed by atoms with van der Waals surface area (Å²) in [7, 11) is 0. The predicted molar refractivity (Wildman–Crippen MR) is 81.5 cm³/mol. The van der Waals surface area contributed by atoms with Gasteiger partial charge in [-0.3, -0.25) is 4.79 Å². The molecule has 1 fully saturated rings. The molecule has 1 unspecified atom stereocenters. The zero-order chi connectivity index (χ0) is 15.0. The molecule has 1 aliphatic carbocycles. The Morgan fingerprint density at radius 3 is 2.95 bits per heavy atom. The van der Waals surface area contributed by atoms with E-state index >= 15 is 0 Å². The lowest BCUT2D eigenvalue weighted by atomic mass is 9.77. The van der Waals surface area contributed by atoms with Gasteiger partial charge in [-0.15, -0.1) is 0 Å². The van der Waals surface area contributed by atoms with Crippen LogP contribution >= 0.6 is 11.6 Å². The van der Waals surface area contributed by atoms with Crippen LogP contribution in [-0.4, -0.2) is 23.7 Å². The Kier molecular flexibility index (Phi) is 4.20. The monoisotopic (exact) mass is 309 g/mol. The third kappa shape index (κ3) is 3.07. The highest BCUT2D eigenvalue weighted by molar-refractivity contribution is 6.32. The SMILES string of the molecule is CCOC1CC(CC(O)c2cc3c(cc2Cl)NC(=O)C3)C1. The van der Waals surface area contributed by atoms with E-state index in [-0.39, 0.29) is 5.91 Å². The molecule has 3 rings (SSSR count). The normalized spacial score (nSPS) is 25.2. The fourth-order valence-electron chi connectivity index (χ4n) is 3.20. The Morgan fingerprint density at radius 2 is 2.24 bits per heavy atom. The number of halogens is 1. The van der Waals surface area contributed by atoms with Gasteiger partial charge in [0.25, 0.3) is 0 Å². The zero-order valence-electron chi connectivity index (χ0n) is 12.1. The van der Waals surface area contributed by atoms with Crippen molar-refractivity contribution in [2.45, 2.75) is 44.8 Å². The summed E-state index contributed by atoms with van der Waals surface area (Å²) < 4.78 is 5.54. The molecule has 1 amide bonds. The Labute approximate surface area is 129 Å². The highest BCUT2D eigenvalue weighted by atomic mass is 35.5. The number of rotatable bonds is 5. The van der Waals surface area contributed by atoms with Gasteiger partial charge < -0.3 is 15.2 Å². The van der Waals surface area contributed by atoms with Crippen molar-refractivity contribution in [1.82, 2.24) is 0 Å². The fraction of sp³-hybridized carbons (Fsp3) is 0.562. The van der Waals surface area contributed by atoms with E-state index in [0.717, 1.165) is 36.3 Å². The molecule has 0 spiro atoms. The molecule has 1 atom stereocenters.